The molecule has 1 aliphatic heterocycles. The van der Waals surface area contributed by atoms with Gasteiger partial charge in [0.1, 0.15) is 11.8 Å². The molecule has 2 rings (SSSR count). The Morgan fingerprint density at radius 3 is 2.73 bits per heavy atom. The molecule has 0 aromatic heterocycles. The van der Waals surface area contributed by atoms with Gasteiger partial charge in [-0.2, -0.15) is 0 Å². The summed E-state index contributed by atoms with van der Waals surface area (Å²) < 4.78 is 10.7. The number of rotatable bonds is 5. The van der Waals surface area contributed by atoms with E-state index in [1.54, 1.807) is 0 Å². The van der Waals surface area contributed by atoms with E-state index in [0.717, 1.165) is 11.1 Å². The molecule has 1 heterocycles. The van der Waals surface area contributed by atoms with E-state index in [4.69, 9.17) is 9.47 Å². The zero-order valence-corrected chi connectivity index (χ0v) is 13.0. The van der Waals surface area contributed by atoms with Crippen molar-refractivity contribution in [1.29, 1.82) is 0 Å². The number of methoxy groups -OCH3 is 1. The number of nitrogens with zero attached hydrogens (tertiary/aromatic N) is 1. The molecule has 0 aliphatic carbocycles. The summed E-state index contributed by atoms with van der Waals surface area (Å²) in [5.74, 6) is -0.713. The molecule has 22 heavy (non-hydrogen) atoms. The van der Waals surface area contributed by atoms with Crippen molar-refractivity contribution >= 4 is 11.9 Å². The molecule has 0 saturated carbocycles. The number of carboxylic acids is 1. The third-order valence-electron chi connectivity index (χ3n) is 3.90. The van der Waals surface area contributed by atoms with Gasteiger partial charge in [0.25, 0.3) is 5.91 Å². The number of likely N-dealkylation sites (tertiary alicyclic amines) is 1. The van der Waals surface area contributed by atoms with Gasteiger partial charge >= 0.3 is 5.97 Å². The largest absolute Gasteiger partial charge is 0.483 e. The van der Waals surface area contributed by atoms with E-state index in [2.05, 4.69) is 0 Å². The molecule has 0 radical (unpaired) electrons. The summed E-state index contributed by atoms with van der Waals surface area (Å²) in [4.78, 5) is 24.9. The monoisotopic (exact) mass is 307 g/mol. The molecule has 6 heteroatoms. The first kappa shape index (κ1) is 16.3. The number of hydrogen-bond donors (Lipinski definition) is 1. The smallest absolute Gasteiger partial charge is 0.326 e. The molecule has 1 aromatic rings. The molecule has 1 aromatic carbocycles. The first-order chi connectivity index (χ1) is 10.4. The molecule has 2 atom stereocenters. The zero-order valence-electron chi connectivity index (χ0n) is 13.0. The van der Waals surface area contributed by atoms with Gasteiger partial charge in [-0.05, 0) is 31.0 Å². The van der Waals surface area contributed by atoms with Gasteiger partial charge in [0, 0.05) is 20.1 Å². The van der Waals surface area contributed by atoms with E-state index in [-0.39, 0.29) is 25.2 Å². The Morgan fingerprint density at radius 2 is 2.09 bits per heavy atom. The number of carbonyl (C=O) groups excluding carboxylic acids is 1. The van der Waals surface area contributed by atoms with Crippen LogP contribution in [0.3, 0.4) is 0 Å². The molecule has 1 aliphatic rings. The lowest BCUT2D eigenvalue weighted by molar-refractivity contribution is -0.149. The normalized spacial score (nSPS) is 21.0. The second-order valence-electron chi connectivity index (χ2n) is 5.55. The third-order valence-corrected chi connectivity index (χ3v) is 3.90. The van der Waals surface area contributed by atoms with E-state index < -0.39 is 12.0 Å². The molecule has 2 unspecified atom stereocenters. The number of amides is 1. The van der Waals surface area contributed by atoms with Gasteiger partial charge in [-0.1, -0.05) is 12.1 Å². The SMILES string of the molecule is COC1CC(C(=O)O)N(C(=O)COc2cc(C)ccc2C)C1. The fraction of sp³-hybridized carbons (Fsp3) is 0.500. The Kier molecular flexibility index (Phi) is 5.03. The topological polar surface area (TPSA) is 76.1 Å². The van der Waals surface area contributed by atoms with E-state index in [9.17, 15) is 14.7 Å². The van der Waals surface area contributed by atoms with Crippen LogP contribution in [0, 0.1) is 13.8 Å². The van der Waals surface area contributed by atoms with E-state index in [0.29, 0.717) is 12.2 Å². The van der Waals surface area contributed by atoms with Crippen LogP contribution < -0.4 is 4.74 Å². The molecule has 0 spiro atoms. The van der Waals surface area contributed by atoms with Crippen LogP contribution in [0.25, 0.3) is 0 Å². The Morgan fingerprint density at radius 1 is 1.36 bits per heavy atom. The standard InChI is InChI=1S/C16H21NO5/c1-10-4-5-11(2)14(6-10)22-9-15(18)17-8-12(21-3)7-13(17)16(19)20/h4-6,12-13H,7-9H2,1-3H3,(H,19,20). The molecule has 1 N–H and O–H groups in total. The van der Waals surface area contributed by atoms with Crippen LogP contribution in [-0.4, -0.2) is 54.3 Å². The van der Waals surface area contributed by atoms with Crippen molar-refractivity contribution in [3.8, 4) is 5.75 Å². The average Bonchev–Trinajstić information content (AvgIpc) is 2.92. The minimum absolute atomic E-state index is 0.176. The predicted molar refractivity (Wildman–Crippen MR) is 80.0 cm³/mol. The summed E-state index contributed by atoms with van der Waals surface area (Å²) in [5.41, 5.74) is 1.97. The first-order valence-electron chi connectivity index (χ1n) is 7.17. The highest BCUT2D eigenvalue weighted by Gasteiger charge is 2.39. The number of benzene rings is 1. The summed E-state index contributed by atoms with van der Waals surface area (Å²) in [6.07, 6.45) is 0.0619. The van der Waals surface area contributed by atoms with E-state index >= 15 is 0 Å². The van der Waals surface area contributed by atoms with Crippen LogP contribution in [-0.2, 0) is 14.3 Å². The van der Waals surface area contributed by atoms with Gasteiger partial charge in [0.2, 0.25) is 0 Å². The Labute approximate surface area is 129 Å². The Balaban J connectivity index is 2.02. The summed E-state index contributed by atoms with van der Waals surface area (Å²) >= 11 is 0. The van der Waals surface area contributed by atoms with E-state index in [1.165, 1.54) is 12.0 Å². The molecule has 6 nitrogen and oxygen atoms in total. The molecule has 120 valence electrons. The van der Waals surface area contributed by atoms with Gasteiger partial charge in [0.15, 0.2) is 6.61 Å². The lowest BCUT2D eigenvalue weighted by Crippen LogP contribution is -2.43. The zero-order chi connectivity index (χ0) is 16.3. The van der Waals surface area contributed by atoms with Crippen molar-refractivity contribution in [2.45, 2.75) is 32.4 Å². The van der Waals surface area contributed by atoms with Crippen LogP contribution >= 0.6 is 0 Å². The van der Waals surface area contributed by atoms with Crippen molar-refractivity contribution < 1.29 is 24.2 Å². The third kappa shape index (κ3) is 3.57. The van der Waals surface area contributed by atoms with Gasteiger partial charge in [-0.25, -0.2) is 4.79 Å². The molecular weight excluding hydrogens is 286 g/mol. The lowest BCUT2D eigenvalue weighted by Gasteiger charge is -2.21. The number of aryl methyl sites for hydroxylation is 2. The van der Waals surface area contributed by atoms with Gasteiger partial charge in [-0.3, -0.25) is 4.79 Å². The number of carboxylic acid groups (broad SMARTS) is 1. The number of hydrogen-bond acceptors (Lipinski definition) is 4. The highest BCUT2D eigenvalue weighted by atomic mass is 16.5. The van der Waals surface area contributed by atoms with Gasteiger partial charge in [-0.15, -0.1) is 0 Å². The van der Waals surface area contributed by atoms with Crippen LogP contribution in [0.1, 0.15) is 17.5 Å². The summed E-state index contributed by atoms with van der Waals surface area (Å²) in [7, 11) is 1.52. The van der Waals surface area contributed by atoms with Gasteiger partial charge < -0.3 is 19.5 Å². The van der Waals surface area contributed by atoms with Crippen molar-refractivity contribution in [3.05, 3.63) is 29.3 Å². The van der Waals surface area contributed by atoms with Gasteiger partial charge in [0.05, 0.1) is 6.10 Å². The van der Waals surface area contributed by atoms with Crippen LogP contribution in [0.2, 0.25) is 0 Å². The second-order valence-corrected chi connectivity index (χ2v) is 5.55. The molecule has 1 fully saturated rings. The van der Waals surface area contributed by atoms with Crippen molar-refractivity contribution in [1.82, 2.24) is 4.90 Å². The highest BCUT2D eigenvalue weighted by Crippen LogP contribution is 2.22. The quantitative estimate of drug-likeness (QED) is 0.889. The number of aliphatic carboxylic acids is 1. The van der Waals surface area contributed by atoms with Crippen LogP contribution in [0.4, 0.5) is 0 Å². The lowest BCUT2D eigenvalue weighted by atomic mass is 10.1. The average molecular weight is 307 g/mol. The van der Waals surface area contributed by atoms with Crippen molar-refractivity contribution in [2.75, 3.05) is 20.3 Å². The molecule has 0 bridgehead atoms. The van der Waals surface area contributed by atoms with Crippen LogP contribution in [0.5, 0.6) is 5.75 Å². The highest BCUT2D eigenvalue weighted by molar-refractivity contribution is 5.85. The maximum absolute atomic E-state index is 12.3. The Bertz CT molecular complexity index is 572. The van der Waals surface area contributed by atoms with E-state index in [1.807, 2.05) is 32.0 Å². The fourth-order valence-corrected chi connectivity index (χ4v) is 2.56. The number of ether oxygens (including phenoxy) is 2. The number of carbonyl (C=O) groups is 2. The van der Waals surface area contributed by atoms with Crippen LogP contribution in [0.15, 0.2) is 18.2 Å². The second kappa shape index (κ2) is 6.79. The summed E-state index contributed by atoms with van der Waals surface area (Å²) in [6, 6.07) is 4.90. The maximum atomic E-state index is 12.3. The Hall–Kier alpha value is -2.08. The maximum Gasteiger partial charge on any atom is 0.326 e. The summed E-state index contributed by atoms with van der Waals surface area (Å²) in [5, 5.41) is 9.22. The molecule has 1 saturated heterocycles. The molecular formula is C16H21NO5. The predicted octanol–water partition coefficient (Wildman–Crippen LogP) is 1.38. The minimum atomic E-state index is -1.01. The first-order valence-corrected chi connectivity index (χ1v) is 7.17. The summed E-state index contributed by atoms with van der Waals surface area (Å²) in [6.45, 7) is 3.95. The minimum Gasteiger partial charge on any atom is -0.483 e. The van der Waals surface area contributed by atoms with Crippen molar-refractivity contribution in [2.24, 2.45) is 0 Å². The van der Waals surface area contributed by atoms with Crippen molar-refractivity contribution in [3.63, 3.8) is 0 Å². The molecule has 1 amide bonds. The fourth-order valence-electron chi connectivity index (χ4n) is 2.56.